The van der Waals surface area contributed by atoms with Crippen LogP contribution in [0, 0.1) is 0 Å². The van der Waals surface area contributed by atoms with Crippen molar-refractivity contribution >= 4 is 47.8 Å². The summed E-state index contributed by atoms with van der Waals surface area (Å²) in [5.74, 6) is 0.416. The summed E-state index contributed by atoms with van der Waals surface area (Å²) < 4.78 is 2.13. The van der Waals surface area contributed by atoms with Gasteiger partial charge in [-0.2, -0.15) is 0 Å². The van der Waals surface area contributed by atoms with E-state index in [9.17, 15) is 10.2 Å². The third-order valence-corrected chi connectivity index (χ3v) is 6.20. The standard InChI is InChI=1S/C15H13Br3O2/c1-15(2,8-3-5-11(19)10(16)7-8)9-4-6-12(20)14(18)13(9)17/h3-7,19-20H,1-2H3. The van der Waals surface area contributed by atoms with Crippen molar-refractivity contribution in [1.82, 2.24) is 0 Å². The number of aromatic hydroxyl groups is 2. The zero-order chi connectivity index (χ0) is 15.1. The molecule has 2 aromatic carbocycles. The van der Waals surface area contributed by atoms with Gasteiger partial charge in [0.1, 0.15) is 11.5 Å². The van der Waals surface area contributed by atoms with Gasteiger partial charge in [0.05, 0.1) is 8.95 Å². The SMILES string of the molecule is CC(C)(c1ccc(O)c(Br)c1)c1ccc(O)c(Br)c1Br. The Morgan fingerprint density at radius 3 is 2.05 bits per heavy atom. The summed E-state index contributed by atoms with van der Waals surface area (Å²) in [6, 6.07) is 9.03. The quantitative estimate of drug-likeness (QED) is 0.597. The Morgan fingerprint density at radius 1 is 0.850 bits per heavy atom. The van der Waals surface area contributed by atoms with E-state index in [4.69, 9.17) is 0 Å². The molecule has 2 N–H and O–H groups in total. The van der Waals surface area contributed by atoms with Crippen LogP contribution in [0.1, 0.15) is 25.0 Å². The maximum absolute atomic E-state index is 9.72. The number of phenolic OH excluding ortho intramolecular Hbond substituents is 2. The molecule has 0 aliphatic rings. The third kappa shape index (κ3) is 2.76. The molecule has 0 atom stereocenters. The monoisotopic (exact) mass is 462 g/mol. The lowest BCUT2D eigenvalue weighted by molar-refractivity contribution is 0.470. The van der Waals surface area contributed by atoms with Crippen molar-refractivity contribution in [2.75, 3.05) is 0 Å². The predicted octanol–water partition coefficient (Wildman–Crippen LogP) is 5.71. The lowest BCUT2D eigenvalue weighted by atomic mass is 9.78. The number of hydrogen-bond donors (Lipinski definition) is 2. The van der Waals surface area contributed by atoms with E-state index < -0.39 is 0 Å². The van der Waals surface area contributed by atoms with Crippen molar-refractivity contribution in [2.45, 2.75) is 19.3 Å². The average molecular weight is 465 g/mol. The first-order chi connectivity index (χ1) is 9.25. The average Bonchev–Trinajstić information content (AvgIpc) is 2.38. The van der Waals surface area contributed by atoms with Crippen LogP contribution in [-0.2, 0) is 5.41 Å². The van der Waals surface area contributed by atoms with Crippen LogP contribution in [0.3, 0.4) is 0 Å². The van der Waals surface area contributed by atoms with Crippen molar-refractivity contribution < 1.29 is 10.2 Å². The Balaban J connectivity index is 2.60. The van der Waals surface area contributed by atoms with Crippen molar-refractivity contribution in [3.63, 3.8) is 0 Å². The molecule has 0 fully saturated rings. The molecule has 0 aliphatic heterocycles. The first-order valence-corrected chi connectivity index (χ1v) is 8.29. The molecule has 0 saturated carbocycles. The van der Waals surface area contributed by atoms with Crippen molar-refractivity contribution in [3.05, 3.63) is 54.9 Å². The Kier molecular flexibility index (Phi) is 4.52. The minimum atomic E-state index is -0.286. The molecule has 2 nitrogen and oxygen atoms in total. The van der Waals surface area contributed by atoms with Gasteiger partial charge in [0, 0.05) is 9.89 Å². The second-order valence-electron chi connectivity index (χ2n) is 5.05. The van der Waals surface area contributed by atoms with Crippen molar-refractivity contribution in [3.8, 4) is 11.5 Å². The van der Waals surface area contributed by atoms with Gasteiger partial charge >= 0.3 is 0 Å². The highest BCUT2D eigenvalue weighted by Crippen LogP contribution is 2.43. The summed E-state index contributed by atoms with van der Waals surface area (Å²) >= 11 is 10.2. The fourth-order valence-electron chi connectivity index (χ4n) is 2.07. The molecule has 0 radical (unpaired) electrons. The summed E-state index contributed by atoms with van der Waals surface area (Å²) in [5.41, 5.74) is 1.81. The van der Waals surface area contributed by atoms with Crippen LogP contribution in [0.4, 0.5) is 0 Å². The van der Waals surface area contributed by atoms with Gasteiger partial charge in [-0.15, -0.1) is 0 Å². The molecule has 0 saturated heterocycles. The van der Waals surface area contributed by atoms with Crippen molar-refractivity contribution in [2.24, 2.45) is 0 Å². The van der Waals surface area contributed by atoms with Crippen LogP contribution in [0.2, 0.25) is 0 Å². The second kappa shape index (κ2) is 5.70. The Bertz CT molecular complexity index is 666. The molecule has 0 amide bonds. The van der Waals surface area contributed by atoms with Crippen LogP contribution < -0.4 is 0 Å². The van der Waals surface area contributed by atoms with E-state index in [0.29, 0.717) is 8.95 Å². The molecule has 0 aliphatic carbocycles. The maximum atomic E-state index is 9.72. The first kappa shape index (κ1) is 15.9. The zero-order valence-corrected chi connectivity index (χ0v) is 15.7. The van der Waals surface area contributed by atoms with Gasteiger partial charge in [0.2, 0.25) is 0 Å². The molecule has 2 aromatic rings. The number of halogens is 3. The van der Waals surface area contributed by atoms with E-state index in [1.54, 1.807) is 12.1 Å². The summed E-state index contributed by atoms with van der Waals surface area (Å²) in [5, 5.41) is 19.3. The van der Waals surface area contributed by atoms with Gasteiger partial charge in [-0.1, -0.05) is 26.0 Å². The van der Waals surface area contributed by atoms with E-state index >= 15 is 0 Å². The van der Waals surface area contributed by atoms with Gasteiger partial charge in [-0.05, 0) is 77.1 Å². The van der Waals surface area contributed by atoms with E-state index in [2.05, 4.69) is 61.6 Å². The van der Waals surface area contributed by atoms with Gasteiger partial charge in [-0.25, -0.2) is 0 Å². The van der Waals surface area contributed by atoms with Crippen LogP contribution in [-0.4, -0.2) is 10.2 Å². The number of phenols is 2. The molecule has 5 heteroatoms. The minimum Gasteiger partial charge on any atom is -0.507 e. The highest BCUT2D eigenvalue weighted by Gasteiger charge is 2.27. The van der Waals surface area contributed by atoms with Gasteiger partial charge in [-0.3, -0.25) is 0 Å². The summed E-state index contributed by atoms with van der Waals surface area (Å²) in [6.45, 7) is 4.19. The predicted molar refractivity (Wildman–Crippen MR) is 91.4 cm³/mol. The molecule has 0 bridgehead atoms. The largest absolute Gasteiger partial charge is 0.507 e. The van der Waals surface area contributed by atoms with Crippen LogP contribution in [0.5, 0.6) is 11.5 Å². The molecular weight excluding hydrogens is 452 g/mol. The molecule has 20 heavy (non-hydrogen) atoms. The van der Waals surface area contributed by atoms with Gasteiger partial charge in [0.25, 0.3) is 0 Å². The maximum Gasteiger partial charge on any atom is 0.130 e. The highest BCUT2D eigenvalue weighted by molar-refractivity contribution is 9.13. The van der Waals surface area contributed by atoms with E-state index in [1.165, 1.54) is 0 Å². The summed E-state index contributed by atoms with van der Waals surface area (Å²) in [6.07, 6.45) is 0. The second-order valence-corrected chi connectivity index (χ2v) is 7.49. The molecule has 0 aromatic heterocycles. The van der Waals surface area contributed by atoms with Crippen LogP contribution in [0.15, 0.2) is 43.7 Å². The highest BCUT2D eigenvalue weighted by atomic mass is 79.9. The first-order valence-electron chi connectivity index (χ1n) is 5.91. The smallest absolute Gasteiger partial charge is 0.130 e. The fraction of sp³-hybridized carbons (Fsp3) is 0.200. The number of hydrogen-bond acceptors (Lipinski definition) is 2. The van der Waals surface area contributed by atoms with E-state index in [0.717, 1.165) is 15.6 Å². The summed E-state index contributed by atoms with van der Waals surface area (Å²) in [7, 11) is 0. The molecule has 106 valence electrons. The summed E-state index contributed by atoms with van der Waals surface area (Å²) in [4.78, 5) is 0. The zero-order valence-electron chi connectivity index (χ0n) is 10.9. The Labute approximate surface area is 143 Å². The molecule has 0 spiro atoms. The molecule has 0 unspecified atom stereocenters. The number of benzene rings is 2. The van der Waals surface area contributed by atoms with E-state index in [-0.39, 0.29) is 16.9 Å². The lowest BCUT2D eigenvalue weighted by Gasteiger charge is -2.28. The third-order valence-electron chi connectivity index (χ3n) is 3.40. The lowest BCUT2D eigenvalue weighted by Crippen LogP contribution is -2.19. The molecular formula is C15H13Br3O2. The molecule has 0 heterocycles. The number of rotatable bonds is 2. The van der Waals surface area contributed by atoms with Crippen LogP contribution in [0.25, 0.3) is 0 Å². The fourth-order valence-corrected chi connectivity index (χ4v) is 3.63. The van der Waals surface area contributed by atoms with Gasteiger partial charge < -0.3 is 10.2 Å². The van der Waals surface area contributed by atoms with Crippen LogP contribution >= 0.6 is 47.8 Å². The topological polar surface area (TPSA) is 40.5 Å². The van der Waals surface area contributed by atoms with Crippen molar-refractivity contribution in [1.29, 1.82) is 0 Å². The normalized spacial score (nSPS) is 11.7. The van der Waals surface area contributed by atoms with E-state index in [1.807, 2.05) is 18.2 Å². The minimum absolute atomic E-state index is 0.198. The molecule has 2 rings (SSSR count). The Hall–Kier alpha value is -0.520. The Morgan fingerprint density at radius 2 is 1.45 bits per heavy atom. The van der Waals surface area contributed by atoms with Gasteiger partial charge in [0.15, 0.2) is 0 Å².